The third-order valence-corrected chi connectivity index (χ3v) is 4.63. The molecular weight excluding hydrogens is 212 g/mol. The Bertz CT molecular complexity index is 290. The van der Waals surface area contributed by atoms with Crippen molar-refractivity contribution in [3.8, 4) is 0 Å². The first-order valence-electron chi connectivity index (χ1n) is 5.73. The molecule has 15 heavy (non-hydrogen) atoms. The van der Waals surface area contributed by atoms with Gasteiger partial charge in [-0.3, -0.25) is 0 Å². The van der Waals surface area contributed by atoms with Crippen LogP contribution in [-0.2, 0) is 10.2 Å². The lowest BCUT2D eigenvalue weighted by atomic mass is 10.0. The van der Waals surface area contributed by atoms with Gasteiger partial charge in [-0.05, 0) is 32.1 Å². The van der Waals surface area contributed by atoms with Gasteiger partial charge in [-0.15, -0.1) is 0 Å². The van der Waals surface area contributed by atoms with Crippen LogP contribution < -0.4 is 4.72 Å². The van der Waals surface area contributed by atoms with Gasteiger partial charge in [0.2, 0.25) is 0 Å². The van der Waals surface area contributed by atoms with Crippen LogP contribution >= 0.6 is 0 Å². The van der Waals surface area contributed by atoms with Gasteiger partial charge in [-0.2, -0.15) is 17.4 Å². The third kappa shape index (κ3) is 3.74. The smallest absolute Gasteiger partial charge is 0.199 e. The highest BCUT2D eigenvalue weighted by Crippen LogP contribution is 2.17. The minimum Gasteiger partial charge on any atom is -0.199 e. The fraction of sp³-hybridized carbons (Fsp3) is 1.00. The van der Waals surface area contributed by atoms with Crippen LogP contribution in [0.1, 0.15) is 40.0 Å². The van der Waals surface area contributed by atoms with E-state index in [0.29, 0.717) is 19.0 Å². The van der Waals surface area contributed by atoms with Crippen molar-refractivity contribution < 1.29 is 8.42 Å². The van der Waals surface area contributed by atoms with Crippen molar-refractivity contribution >= 4 is 10.2 Å². The summed E-state index contributed by atoms with van der Waals surface area (Å²) in [5.41, 5.74) is 0. The van der Waals surface area contributed by atoms with Gasteiger partial charge in [0.05, 0.1) is 0 Å². The predicted octanol–water partition coefficient (Wildman–Crippen LogP) is 1.35. The lowest BCUT2D eigenvalue weighted by Crippen LogP contribution is -2.47. The van der Waals surface area contributed by atoms with E-state index >= 15 is 0 Å². The standard InChI is InChI=1S/C10H22N2O2S/c1-4-10(3)11-15(13,14)12-7-5-6-9(2)8-12/h9-11H,4-8H2,1-3H3. The van der Waals surface area contributed by atoms with Crippen LogP contribution in [0.15, 0.2) is 0 Å². The fourth-order valence-corrected chi connectivity index (χ4v) is 3.42. The van der Waals surface area contributed by atoms with Crippen molar-refractivity contribution in [1.29, 1.82) is 0 Å². The summed E-state index contributed by atoms with van der Waals surface area (Å²) in [7, 11) is -3.24. The quantitative estimate of drug-likeness (QED) is 0.798. The normalized spacial score (nSPS) is 26.5. The molecule has 1 saturated heterocycles. The van der Waals surface area contributed by atoms with E-state index in [1.165, 1.54) is 0 Å². The van der Waals surface area contributed by atoms with Crippen molar-refractivity contribution in [3.05, 3.63) is 0 Å². The Hall–Kier alpha value is -0.130. The number of hydrogen-bond acceptors (Lipinski definition) is 2. The van der Waals surface area contributed by atoms with Gasteiger partial charge in [0.15, 0.2) is 0 Å². The van der Waals surface area contributed by atoms with Gasteiger partial charge in [0.1, 0.15) is 0 Å². The molecule has 90 valence electrons. The van der Waals surface area contributed by atoms with Crippen molar-refractivity contribution in [2.45, 2.75) is 46.1 Å². The van der Waals surface area contributed by atoms with E-state index in [0.717, 1.165) is 19.3 Å². The summed E-state index contributed by atoms with van der Waals surface area (Å²) in [5, 5.41) is 0. The van der Waals surface area contributed by atoms with E-state index in [2.05, 4.69) is 11.6 Å². The van der Waals surface area contributed by atoms with Crippen molar-refractivity contribution in [2.24, 2.45) is 5.92 Å². The molecule has 0 aromatic rings. The second kappa shape index (κ2) is 5.27. The average Bonchev–Trinajstić information content (AvgIpc) is 2.17. The molecule has 0 radical (unpaired) electrons. The van der Waals surface area contributed by atoms with Gasteiger partial charge < -0.3 is 0 Å². The SMILES string of the molecule is CCC(C)NS(=O)(=O)N1CCCC(C)C1. The summed E-state index contributed by atoms with van der Waals surface area (Å²) in [6.07, 6.45) is 2.93. The summed E-state index contributed by atoms with van der Waals surface area (Å²) < 4.78 is 28.1. The Morgan fingerprint density at radius 2 is 2.20 bits per heavy atom. The monoisotopic (exact) mass is 234 g/mol. The minimum atomic E-state index is -3.24. The summed E-state index contributed by atoms with van der Waals surface area (Å²) in [6.45, 7) is 7.30. The average molecular weight is 234 g/mol. The van der Waals surface area contributed by atoms with E-state index in [1.54, 1.807) is 4.31 Å². The molecule has 5 heteroatoms. The zero-order valence-electron chi connectivity index (χ0n) is 9.86. The Labute approximate surface area is 93.2 Å². The minimum absolute atomic E-state index is 0.0206. The van der Waals surface area contributed by atoms with Crippen LogP contribution in [0.2, 0.25) is 0 Å². The molecule has 1 fully saturated rings. The highest BCUT2D eigenvalue weighted by atomic mass is 32.2. The van der Waals surface area contributed by atoms with Gasteiger partial charge in [0.25, 0.3) is 10.2 Å². The molecule has 0 spiro atoms. The van der Waals surface area contributed by atoms with Gasteiger partial charge in [-0.1, -0.05) is 13.8 Å². The van der Waals surface area contributed by atoms with E-state index in [-0.39, 0.29) is 6.04 Å². The second-order valence-electron chi connectivity index (χ2n) is 4.54. The van der Waals surface area contributed by atoms with Crippen molar-refractivity contribution in [1.82, 2.24) is 9.03 Å². The maximum atomic E-state index is 11.9. The van der Waals surface area contributed by atoms with E-state index in [9.17, 15) is 8.42 Å². The van der Waals surface area contributed by atoms with Gasteiger partial charge >= 0.3 is 0 Å². The van der Waals surface area contributed by atoms with Crippen LogP contribution in [0.25, 0.3) is 0 Å². The molecule has 0 aromatic carbocycles. The van der Waals surface area contributed by atoms with E-state index in [1.807, 2.05) is 13.8 Å². The molecule has 0 aliphatic carbocycles. The largest absolute Gasteiger partial charge is 0.279 e. The molecule has 0 amide bonds. The van der Waals surface area contributed by atoms with Crippen molar-refractivity contribution in [2.75, 3.05) is 13.1 Å². The Balaban J connectivity index is 2.60. The fourth-order valence-electron chi connectivity index (χ4n) is 1.78. The highest BCUT2D eigenvalue weighted by molar-refractivity contribution is 7.87. The molecule has 1 N–H and O–H groups in total. The summed E-state index contributed by atoms with van der Waals surface area (Å²) in [4.78, 5) is 0. The van der Waals surface area contributed by atoms with E-state index in [4.69, 9.17) is 0 Å². The molecule has 0 bridgehead atoms. The topological polar surface area (TPSA) is 49.4 Å². The van der Waals surface area contributed by atoms with E-state index < -0.39 is 10.2 Å². The number of rotatable bonds is 4. The number of hydrogen-bond donors (Lipinski definition) is 1. The lowest BCUT2D eigenvalue weighted by Gasteiger charge is -2.30. The maximum Gasteiger partial charge on any atom is 0.279 e. The maximum absolute atomic E-state index is 11.9. The first-order chi connectivity index (χ1) is 6.95. The molecule has 1 aliphatic heterocycles. The molecule has 0 saturated carbocycles. The molecule has 0 aromatic heterocycles. The third-order valence-electron chi connectivity index (χ3n) is 2.92. The molecule has 4 nitrogen and oxygen atoms in total. The molecule has 2 atom stereocenters. The number of nitrogens with one attached hydrogen (secondary N) is 1. The van der Waals surface area contributed by atoms with Gasteiger partial charge in [0, 0.05) is 19.1 Å². The second-order valence-corrected chi connectivity index (χ2v) is 6.24. The first kappa shape index (κ1) is 12.9. The molecule has 1 heterocycles. The predicted molar refractivity (Wildman–Crippen MR) is 61.8 cm³/mol. The number of nitrogens with zero attached hydrogens (tertiary/aromatic N) is 1. The molecular formula is C10H22N2O2S. The Morgan fingerprint density at radius 3 is 2.73 bits per heavy atom. The summed E-state index contributed by atoms with van der Waals surface area (Å²) in [5.74, 6) is 0.479. The zero-order valence-corrected chi connectivity index (χ0v) is 10.7. The lowest BCUT2D eigenvalue weighted by molar-refractivity contribution is 0.276. The first-order valence-corrected chi connectivity index (χ1v) is 7.17. The van der Waals surface area contributed by atoms with Crippen LogP contribution in [-0.4, -0.2) is 31.9 Å². The summed E-state index contributed by atoms with van der Waals surface area (Å²) >= 11 is 0. The van der Waals surface area contributed by atoms with Gasteiger partial charge in [-0.25, -0.2) is 0 Å². The van der Waals surface area contributed by atoms with Crippen LogP contribution in [0.5, 0.6) is 0 Å². The van der Waals surface area contributed by atoms with Crippen LogP contribution in [0.4, 0.5) is 0 Å². The molecule has 2 unspecified atom stereocenters. The van der Waals surface area contributed by atoms with Crippen LogP contribution in [0, 0.1) is 5.92 Å². The molecule has 1 aliphatic rings. The Morgan fingerprint density at radius 1 is 1.53 bits per heavy atom. The number of piperidine rings is 1. The molecule has 1 rings (SSSR count). The zero-order chi connectivity index (χ0) is 11.5. The van der Waals surface area contributed by atoms with Crippen LogP contribution in [0.3, 0.4) is 0 Å². The Kier molecular flexibility index (Phi) is 4.55. The summed E-state index contributed by atoms with van der Waals surface area (Å²) in [6, 6.07) is 0.0206. The highest BCUT2D eigenvalue weighted by Gasteiger charge is 2.27. The van der Waals surface area contributed by atoms with Crippen molar-refractivity contribution in [3.63, 3.8) is 0 Å².